The average Bonchev–Trinajstić information content (AvgIpc) is 2.59. The fourth-order valence-electron chi connectivity index (χ4n) is 2.37. The fraction of sp³-hybridized carbons (Fsp3) is 0.0526. The van der Waals surface area contributed by atoms with Crippen molar-refractivity contribution in [2.45, 2.75) is 6.61 Å². The molecule has 5 heteroatoms. The van der Waals surface area contributed by atoms with E-state index in [0.29, 0.717) is 12.4 Å². The van der Waals surface area contributed by atoms with Gasteiger partial charge in [0, 0.05) is 6.08 Å². The summed E-state index contributed by atoms with van der Waals surface area (Å²) in [6.45, 7) is 0.452. The lowest BCUT2D eigenvalue weighted by molar-refractivity contribution is -0.400. The highest BCUT2D eigenvalue weighted by molar-refractivity contribution is 9.10. The normalized spacial score (nSPS) is 11.0. The van der Waals surface area contributed by atoms with E-state index in [1.54, 1.807) is 18.2 Å². The summed E-state index contributed by atoms with van der Waals surface area (Å²) in [7, 11) is 0. The van der Waals surface area contributed by atoms with Gasteiger partial charge in [-0.25, -0.2) is 0 Å². The molecule has 0 aromatic heterocycles. The van der Waals surface area contributed by atoms with E-state index in [4.69, 9.17) is 4.74 Å². The second-order valence-electron chi connectivity index (χ2n) is 5.26. The minimum Gasteiger partial charge on any atom is -0.488 e. The molecule has 0 spiro atoms. The van der Waals surface area contributed by atoms with Gasteiger partial charge in [0.05, 0.1) is 9.40 Å². The molecule has 0 saturated carbocycles. The molecule has 4 nitrogen and oxygen atoms in total. The third kappa shape index (κ3) is 4.00. The summed E-state index contributed by atoms with van der Waals surface area (Å²) in [4.78, 5) is 9.87. The van der Waals surface area contributed by atoms with E-state index in [9.17, 15) is 10.1 Å². The molecule has 0 saturated heterocycles. The first-order valence-electron chi connectivity index (χ1n) is 7.33. The standard InChI is InChI=1S/C19H14BrNO3/c20-18-12-14(9-10-21(22)23)6-8-19(18)24-13-15-5-7-16-3-1-2-4-17(16)11-15/h1-12H,13H2/b10-9+. The quantitative estimate of drug-likeness (QED) is 0.436. The highest BCUT2D eigenvalue weighted by atomic mass is 79.9. The number of nitro groups is 1. The topological polar surface area (TPSA) is 52.4 Å². The third-order valence-corrected chi connectivity index (χ3v) is 4.17. The number of hydrogen-bond acceptors (Lipinski definition) is 3. The molecule has 24 heavy (non-hydrogen) atoms. The van der Waals surface area contributed by atoms with Crippen LogP contribution in [0, 0.1) is 10.1 Å². The van der Waals surface area contributed by atoms with Crippen LogP contribution in [0.1, 0.15) is 11.1 Å². The SMILES string of the molecule is O=[N+]([O-])/C=C/c1ccc(OCc2ccc3ccccc3c2)c(Br)c1. The van der Waals surface area contributed by atoms with Crippen LogP contribution in [-0.2, 0) is 6.61 Å². The second-order valence-corrected chi connectivity index (χ2v) is 6.12. The van der Waals surface area contributed by atoms with Gasteiger partial charge in [0.25, 0.3) is 0 Å². The summed E-state index contributed by atoms with van der Waals surface area (Å²) in [5, 5.41) is 12.7. The van der Waals surface area contributed by atoms with Gasteiger partial charge >= 0.3 is 0 Å². The molecule has 3 aromatic rings. The van der Waals surface area contributed by atoms with Crippen LogP contribution in [0.5, 0.6) is 5.75 Å². The minimum atomic E-state index is -0.488. The van der Waals surface area contributed by atoms with Crippen molar-refractivity contribution in [2.24, 2.45) is 0 Å². The van der Waals surface area contributed by atoms with Crippen molar-refractivity contribution in [2.75, 3.05) is 0 Å². The first kappa shape index (κ1) is 16.2. The van der Waals surface area contributed by atoms with Crippen LogP contribution in [0.25, 0.3) is 16.8 Å². The summed E-state index contributed by atoms with van der Waals surface area (Å²) >= 11 is 3.44. The Morgan fingerprint density at radius 3 is 2.58 bits per heavy atom. The Labute approximate surface area is 147 Å². The molecule has 3 aromatic carbocycles. The Balaban J connectivity index is 1.72. The van der Waals surface area contributed by atoms with Gasteiger partial charge in [0.15, 0.2) is 0 Å². The molecule has 0 aliphatic heterocycles. The highest BCUT2D eigenvalue weighted by Gasteiger charge is 2.04. The molecule has 0 bridgehead atoms. The smallest absolute Gasteiger partial charge is 0.235 e. The van der Waals surface area contributed by atoms with Crippen molar-refractivity contribution >= 4 is 32.8 Å². The van der Waals surface area contributed by atoms with Gasteiger partial charge in [-0.05, 0) is 56.0 Å². The van der Waals surface area contributed by atoms with Crippen molar-refractivity contribution < 1.29 is 9.66 Å². The number of nitrogens with zero attached hydrogens (tertiary/aromatic N) is 1. The maximum Gasteiger partial charge on any atom is 0.235 e. The van der Waals surface area contributed by atoms with Crippen molar-refractivity contribution in [1.82, 2.24) is 0 Å². The summed E-state index contributed by atoms with van der Waals surface area (Å²) in [6, 6.07) is 19.8. The van der Waals surface area contributed by atoms with Gasteiger partial charge in [0.2, 0.25) is 6.20 Å². The molecular weight excluding hydrogens is 370 g/mol. The summed E-state index contributed by atoms with van der Waals surface area (Å²) < 4.78 is 6.61. The van der Waals surface area contributed by atoms with Crippen LogP contribution < -0.4 is 4.74 Å². The van der Waals surface area contributed by atoms with Crippen LogP contribution in [0.15, 0.2) is 71.3 Å². The predicted molar refractivity (Wildman–Crippen MR) is 98.5 cm³/mol. The van der Waals surface area contributed by atoms with E-state index in [-0.39, 0.29) is 0 Å². The van der Waals surface area contributed by atoms with Crippen molar-refractivity contribution in [1.29, 1.82) is 0 Å². The number of ether oxygens (including phenoxy) is 1. The van der Waals surface area contributed by atoms with Crippen LogP contribution in [0.3, 0.4) is 0 Å². The van der Waals surface area contributed by atoms with Gasteiger partial charge in [-0.3, -0.25) is 10.1 Å². The Hall–Kier alpha value is -2.66. The molecule has 0 aliphatic carbocycles. The van der Waals surface area contributed by atoms with Crippen LogP contribution in [0.4, 0.5) is 0 Å². The van der Waals surface area contributed by atoms with Crippen LogP contribution in [0.2, 0.25) is 0 Å². The molecule has 0 aliphatic rings. The van der Waals surface area contributed by atoms with Gasteiger partial charge in [-0.1, -0.05) is 42.5 Å². The van der Waals surface area contributed by atoms with Crippen molar-refractivity contribution in [3.8, 4) is 5.75 Å². The molecule has 0 N–H and O–H groups in total. The van der Waals surface area contributed by atoms with Gasteiger partial charge in [-0.15, -0.1) is 0 Å². The van der Waals surface area contributed by atoms with E-state index in [1.807, 2.05) is 18.2 Å². The number of hydrogen-bond donors (Lipinski definition) is 0. The Kier molecular flexibility index (Phi) is 4.91. The molecule has 0 unspecified atom stereocenters. The summed E-state index contributed by atoms with van der Waals surface area (Å²) in [5.41, 5.74) is 1.81. The second kappa shape index (κ2) is 7.27. The molecule has 120 valence electrons. The van der Waals surface area contributed by atoms with Crippen LogP contribution in [-0.4, -0.2) is 4.92 Å². The monoisotopic (exact) mass is 383 g/mol. The molecule has 0 heterocycles. The summed E-state index contributed by atoms with van der Waals surface area (Å²) in [5.74, 6) is 0.696. The van der Waals surface area contributed by atoms with E-state index < -0.39 is 4.92 Å². The lowest BCUT2D eigenvalue weighted by Crippen LogP contribution is -1.96. The van der Waals surface area contributed by atoms with Crippen LogP contribution >= 0.6 is 15.9 Å². The fourth-order valence-corrected chi connectivity index (χ4v) is 2.89. The Bertz CT molecular complexity index is 921. The van der Waals surface area contributed by atoms with Crippen molar-refractivity contribution in [3.63, 3.8) is 0 Å². The summed E-state index contributed by atoms with van der Waals surface area (Å²) in [6.07, 6.45) is 2.36. The first-order chi connectivity index (χ1) is 11.6. The largest absolute Gasteiger partial charge is 0.488 e. The molecule has 3 rings (SSSR count). The van der Waals surface area contributed by atoms with Crippen molar-refractivity contribution in [3.05, 3.63) is 92.6 Å². The van der Waals surface area contributed by atoms with Gasteiger partial charge < -0.3 is 4.74 Å². The lowest BCUT2D eigenvalue weighted by Gasteiger charge is -2.09. The maximum absolute atomic E-state index is 10.4. The van der Waals surface area contributed by atoms with Gasteiger partial charge in [0.1, 0.15) is 12.4 Å². The molecular formula is C19H14BrNO3. The zero-order chi connectivity index (χ0) is 16.9. The minimum absolute atomic E-state index is 0.452. The van der Waals surface area contributed by atoms with Gasteiger partial charge in [-0.2, -0.15) is 0 Å². The van der Waals surface area contributed by atoms with E-state index in [0.717, 1.165) is 21.8 Å². The Morgan fingerprint density at radius 1 is 1.04 bits per heavy atom. The molecule has 0 atom stereocenters. The number of rotatable bonds is 5. The van der Waals surface area contributed by atoms with E-state index in [2.05, 4.69) is 40.2 Å². The maximum atomic E-state index is 10.4. The third-order valence-electron chi connectivity index (χ3n) is 3.55. The average molecular weight is 384 g/mol. The number of halogens is 1. The lowest BCUT2D eigenvalue weighted by atomic mass is 10.1. The predicted octanol–water partition coefficient (Wildman–Crippen LogP) is 5.43. The number of fused-ring (bicyclic) bond motifs is 1. The van der Waals surface area contributed by atoms with E-state index >= 15 is 0 Å². The molecule has 0 radical (unpaired) electrons. The Morgan fingerprint density at radius 2 is 1.83 bits per heavy atom. The zero-order valence-corrected chi connectivity index (χ0v) is 14.3. The number of benzene rings is 3. The molecule has 0 fully saturated rings. The van der Waals surface area contributed by atoms with E-state index in [1.165, 1.54) is 16.8 Å². The first-order valence-corrected chi connectivity index (χ1v) is 8.13. The zero-order valence-electron chi connectivity index (χ0n) is 12.7. The highest BCUT2D eigenvalue weighted by Crippen LogP contribution is 2.27. The molecule has 0 amide bonds.